The number of aryl methyl sites for hydroxylation is 1. The van der Waals surface area contributed by atoms with Gasteiger partial charge >= 0.3 is 0 Å². The lowest BCUT2D eigenvalue weighted by Gasteiger charge is -2.18. The van der Waals surface area contributed by atoms with E-state index >= 15 is 0 Å². The first-order valence-electron chi connectivity index (χ1n) is 5.48. The Morgan fingerprint density at radius 2 is 2.24 bits per heavy atom. The Morgan fingerprint density at radius 3 is 2.76 bits per heavy atom. The van der Waals surface area contributed by atoms with Crippen LogP contribution in [0, 0.1) is 0 Å². The SMILES string of the molecule is CC(N)C(Sc1ccccn1)c1cnn(C)c1. The molecule has 0 spiro atoms. The molecule has 0 bridgehead atoms. The molecule has 2 heterocycles. The predicted molar refractivity (Wildman–Crippen MR) is 69.7 cm³/mol. The molecule has 0 fully saturated rings. The highest BCUT2D eigenvalue weighted by Gasteiger charge is 2.19. The molecule has 0 radical (unpaired) electrons. The number of nitrogens with two attached hydrogens (primary N) is 1. The summed E-state index contributed by atoms with van der Waals surface area (Å²) in [5, 5.41) is 5.35. The van der Waals surface area contributed by atoms with E-state index in [2.05, 4.69) is 10.1 Å². The highest BCUT2D eigenvalue weighted by molar-refractivity contribution is 7.99. The zero-order valence-corrected chi connectivity index (χ0v) is 10.8. The van der Waals surface area contributed by atoms with E-state index in [1.54, 1.807) is 22.6 Å². The molecule has 0 aliphatic heterocycles. The van der Waals surface area contributed by atoms with Crippen LogP contribution in [0.4, 0.5) is 0 Å². The van der Waals surface area contributed by atoms with Gasteiger partial charge in [-0.05, 0) is 19.1 Å². The maximum absolute atomic E-state index is 6.04. The summed E-state index contributed by atoms with van der Waals surface area (Å²) in [6.07, 6.45) is 5.66. The summed E-state index contributed by atoms with van der Waals surface area (Å²) in [5.41, 5.74) is 7.18. The fourth-order valence-electron chi connectivity index (χ4n) is 1.61. The average molecular weight is 248 g/mol. The summed E-state index contributed by atoms with van der Waals surface area (Å²) in [6, 6.07) is 5.94. The van der Waals surface area contributed by atoms with Crippen LogP contribution in [0.5, 0.6) is 0 Å². The van der Waals surface area contributed by atoms with Crippen LogP contribution in [0.1, 0.15) is 17.7 Å². The number of rotatable bonds is 4. The Morgan fingerprint density at radius 1 is 1.41 bits per heavy atom. The quantitative estimate of drug-likeness (QED) is 0.841. The third-order valence-electron chi connectivity index (χ3n) is 2.42. The van der Waals surface area contributed by atoms with Gasteiger partial charge in [-0.1, -0.05) is 17.8 Å². The van der Waals surface area contributed by atoms with Crippen molar-refractivity contribution in [3.8, 4) is 0 Å². The molecule has 2 N–H and O–H groups in total. The van der Waals surface area contributed by atoms with Crippen LogP contribution in [0.15, 0.2) is 41.8 Å². The van der Waals surface area contributed by atoms with Gasteiger partial charge in [-0.15, -0.1) is 0 Å². The molecule has 90 valence electrons. The molecule has 0 saturated heterocycles. The summed E-state index contributed by atoms with van der Waals surface area (Å²) in [6.45, 7) is 2.01. The number of thioether (sulfide) groups is 1. The maximum atomic E-state index is 6.04. The lowest BCUT2D eigenvalue weighted by atomic mass is 10.1. The lowest BCUT2D eigenvalue weighted by molar-refractivity contribution is 0.717. The molecule has 0 saturated carbocycles. The van der Waals surface area contributed by atoms with Crippen LogP contribution in [-0.4, -0.2) is 20.8 Å². The average Bonchev–Trinajstić information content (AvgIpc) is 2.73. The third-order valence-corrected chi connectivity index (χ3v) is 3.85. The van der Waals surface area contributed by atoms with Crippen LogP contribution < -0.4 is 5.73 Å². The first-order valence-corrected chi connectivity index (χ1v) is 6.36. The molecule has 5 heteroatoms. The molecule has 4 nitrogen and oxygen atoms in total. The summed E-state index contributed by atoms with van der Waals surface area (Å²) in [5.74, 6) is 0. The van der Waals surface area contributed by atoms with E-state index in [1.165, 1.54) is 0 Å². The number of nitrogens with zero attached hydrogens (tertiary/aromatic N) is 3. The summed E-state index contributed by atoms with van der Waals surface area (Å²) < 4.78 is 1.80. The van der Waals surface area contributed by atoms with Gasteiger partial charge < -0.3 is 5.73 Å². The minimum atomic E-state index is 0.0474. The summed E-state index contributed by atoms with van der Waals surface area (Å²) >= 11 is 1.67. The van der Waals surface area contributed by atoms with Crippen molar-refractivity contribution < 1.29 is 0 Å². The highest BCUT2D eigenvalue weighted by atomic mass is 32.2. The monoisotopic (exact) mass is 248 g/mol. The Hall–Kier alpha value is -1.33. The number of pyridine rings is 1. The third kappa shape index (κ3) is 3.08. The van der Waals surface area contributed by atoms with Crippen molar-refractivity contribution in [1.29, 1.82) is 0 Å². The fourth-order valence-corrected chi connectivity index (χ4v) is 2.62. The molecule has 0 aromatic carbocycles. The van der Waals surface area contributed by atoms with Crippen molar-refractivity contribution in [3.05, 3.63) is 42.4 Å². The Labute approximate surface area is 105 Å². The molecule has 2 aromatic heterocycles. The minimum absolute atomic E-state index is 0.0474. The Kier molecular flexibility index (Phi) is 3.81. The second-order valence-corrected chi connectivity index (χ2v) is 5.17. The highest BCUT2D eigenvalue weighted by Crippen LogP contribution is 2.35. The molecule has 0 amide bonds. The van der Waals surface area contributed by atoms with Crippen LogP contribution in [-0.2, 0) is 7.05 Å². The van der Waals surface area contributed by atoms with Gasteiger partial charge in [0.05, 0.1) is 16.5 Å². The molecular weight excluding hydrogens is 232 g/mol. The van der Waals surface area contributed by atoms with Crippen molar-refractivity contribution >= 4 is 11.8 Å². The van der Waals surface area contributed by atoms with Gasteiger partial charge in [-0.25, -0.2) is 4.98 Å². The molecule has 2 unspecified atom stereocenters. The van der Waals surface area contributed by atoms with Crippen molar-refractivity contribution in [2.45, 2.75) is 23.2 Å². The van der Waals surface area contributed by atoms with Crippen molar-refractivity contribution in [1.82, 2.24) is 14.8 Å². The first kappa shape index (κ1) is 12.1. The standard InChI is InChI=1S/C12H16N4S/c1-9(13)12(10-7-15-16(2)8-10)17-11-5-3-4-6-14-11/h3-9,12H,13H2,1-2H3. The van der Waals surface area contributed by atoms with Gasteiger partial charge in [0.2, 0.25) is 0 Å². The Bertz CT molecular complexity index is 466. The van der Waals surface area contributed by atoms with Crippen LogP contribution in [0.2, 0.25) is 0 Å². The normalized spacial score (nSPS) is 14.5. The molecule has 2 atom stereocenters. The molecule has 2 rings (SSSR count). The molecule has 17 heavy (non-hydrogen) atoms. The topological polar surface area (TPSA) is 56.7 Å². The van der Waals surface area contributed by atoms with Crippen LogP contribution in [0.3, 0.4) is 0 Å². The number of hydrogen-bond donors (Lipinski definition) is 1. The van der Waals surface area contributed by atoms with E-state index in [-0.39, 0.29) is 11.3 Å². The van der Waals surface area contributed by atoms with Crippen LogP contribution in [0.25, 0.3) is 0 Å². The van der Waals surface area contributed by atoms with Gasteiger partial charge in [-0.3, -0.25) is 4.68 Å². The van der Waals surface area contributed by atoms with Gasteiger partial charge in [0.25, 0.3) is 0 Å². The first-order chi connectivity index (χ1) is 8.16. The summed E-state index contributed by atoms with van der Waals surface area (Å²) in [7, 11) is 1.91. The Balaban J connectivity index is 2.19. The fraction of sp³-hybridized carbons (Fsp3) is 0.333. The number of hydrogen-bond acceptors (Lipinski definition) is 4. The van der Waals surface area contributed by atoms with Gasteiger partial charge in [0.1, 0.15) is 0 Å². The van der Waals surface area contributed by atoms with E-state index < -0.39 is 0 Å². The van der Waals surface area contributed by atoms with E-state index in [1.807, 2.05) is 44.6 Å². The molecular formula is C12H16N4S. The molecule has 0 aliphatic carbocycles. The predicted octanol–water partition coefficient (Wildman–Crippen LogP) is 2.00. The second-order valence-electron chi connectivity index (χ2n) is 4.01. The van der Waals surface area contributed by atoms with Crippen molar-refractivity contribution in [2.75, 3.05) is 0 Å². The van der Waals surface area contributed by atoms with Crippen molar-refractivity contribution in [3.63, 3.8) is 0 Å². The molecule has 2 aromatic rings. The van der Waals surface area contributed by atoms with E-state index in [9.17, 15) is 0 Å². The smallest absolute Gasteiger partial charge is 0.0966 e. The lowest BCUT2D eigenvalue weighted by Crippen LogP contribution is -2.22. The van der Waals surface area contributed by atoms with Crippen LogP contribution >= 0.6 is 11.8 Å². The zero-order chi connectivity index (χ0) is 12.3. The minimum Gasteiger partial charge on any atom is -0.327 e. The van der Waals surface area contributed by atoms with Gasteiger partial charge in [-0.2, -0.15) is 5.10 Å². The maximum Gasteiger partial charge on any atom is 0.0966 e. The van der Waals surface area contributed by atoms with E-state index in [4.69, 9.17) is 5.73 Å². The second kappa shape index (κ2) is 5.33. The van der Waals surface area contributed by atoms with Crippen molar-refractivity contribution in [2.24, 2.45) is 12.8 Å². The van der Waals surface area contributed by atoms with E-state index in [0.717, 1.165) is 10.6 Å². The zero-order valence-electron chi connectivity index (χ0n) is 9.95. The molecule has 0 aliphatic rings. The van der Waals surface area contributed by atoms with Gasteiger partial charge in [0, 0.05) is 31.0 Å². The number of aromatic nitrogens is 3. The van der Waals surface area contributed by atoms with Gasteiger partial charge in [0.15, 0.2) is 0 Å². The summed E-state index contributed by atoms with van der Waals surface area (Å²) in [4.78, 5) is 4.31. The largest absolute Gasteiger partial charge is 0.327 e. The van der Waals surface area contributed by atoms with E-state index in [0.29, 0.717) is 0 Å².